The predicted molar refractivity (Wildman–Crippen MR) is 82.2 cm³/mol. The van der Waals surface area contributed by atoms with Gasteiger partial charge in [0.15, 0.2) is 6.10 Å². The van der Waals surface area contributed by atoms with Crippen molar-refractivity contribution in [3.63, 3.8) is 0 Å². The van der Waals surface area contributed by atoms with Crippen LogP contribution in [0.1, 0.15) is 31.9 Å². The number of rotatable bonds is 5. The molecule has 0 aliphatic rings. The highest BCUT2D eigenvalue weighted by Crippen LogP contribution is 2.05. The van der Waals surface area contributed by atoms with Gasteiger partial charge < -0.3 is 10.1 Å². The lowest BCUT2D eigenvalue weighted by atomic mass is 10.1. The van der Waals surface area contributed by atoms with Gasteiger partial charge in [0.2, 0.25) is 0 Å². The molecule has 120 valence electrons. The zero-order valence-corrected chi connectivity index (χ0v) is 13.3. The molecule has 2 N–H and O–H groups in total. The molecule has 0 heterocycles. The summed E-state index contributed by atoms with van der Waals surface area (Å²) in [4.78, 5) is 34.9. The van der Waals surface area contributed by atoms with Crippen LogP contribution in [0, 0.1) is 6.92 Å². The molecular weight excluding hydrogens is 284 g/mol. The Morgan fingerprint density at radius 2 is 1.68 bits per heavy atom. The van der Waals surface area contributed by atoms with E-state index in [1.54, 1.807) is 13.8 Å². The lowest BCUT2D eigenvalue weighted by molar-refractivity contribution is -0.153. The second-order valence-electron chi connectivity index (χ2n) is 5.41. The molecule has 0 saturated heterocycles. The van der Waals surface area contributed by atoms with Crippen molar-refractivity contribution in [1.29, 1.82) is 0 Å². The van der Waals surface area contributed by atoms with E-state index in [0.717, 1.165) is 11.1 Å². The normalized spacial score (nSPS) is 11.7. The van der Waals surface area contributed by atoms with E-state index in [1.165, 1.54) is 6.92 Å². The summed E-state index contributed by atoms with van der Waals surface area (Å²) < 4.78 is 5.02. The molecule has 1 rings (SSSR count). The molecule has 0 aliphatic heterocycles. The van der Waals surface area contributed by atoms with Crippen LogP contribution in [0.25, 0.3) is 0 Å². The maximum Gasteiger partial charge on any atom is 0.321 e. The van der Waals surface area contributed by atoms with Crippen LogP contribution in [0.2, 0.25) is 0 Å². The molecule has 6 heteroatoms. The van der Waals surface area contributed by atoms with Crippen molar-refractivity contribution in [3.05, 3.63) is 35.4 Å². The van der Waals surface area contributed by atoms with Crippen molar-refractivity contribution in [2.24, 2.45) is 0 Å². The van der Waals surface area contributed by atoms with Crippen molar-refractivity contribution in [2.75, 3.05) is 0 Å². The maximum atomic E-state index is 11.8. The first-order valence-electron chi connectivity index (χ1n) is 7.14. The number of esters is 1. The van der Waals surface area contributed by atoms with E-state index in [-0.39, 0.29) is 12.5 Å². The number of benzene rings is 1. The number of urea groups is 1. The SMILES string of the molecule is Cc1ccc(CC(=O)O[C@H](C)C(=O)NC(=O)NC(C)C)cc1. The number of nitrogens with one attached hydrogen (secondary N) is 2. The van der Waals surface area contributed by atoms with Gasteiger partial charge in [-0.3, -0.25) is 14.9 Å². The van der Waals surface area contributed by atoms with E-state index in [9.17, 15) is 14.4 Å². The molecule has 1 aromatic rings. The largest absolute Gasteiger partial charge is 0.452 e. The number of hydrogen-bond donors (Lipinski definition) is 2. The second-order valence-corrected chi connectivity index (χ2v) is 5.41. The summed E-state index contributed by atoms with van der Waals surface area (Å²) in [6, 6.07) is 6.76. The van der Waals surface area contributed by atoms with Crippen LogP contribution in [-0.2, 0) is 20.7 Å². The van der Waals surface area contributed by atoms with Crippen LogP contribution >= 0.6 is 0 Å². The summed E-state index contributed by atoms with van der Waals surface area (Å²) in [5, 5.41) is 4.64. The van der Waals surface area contributed by atoms with Crippen molar-refractivity contribution in [3.8, 4) is 0 Å². The Bertz CT molecular complexity index is 538. The first-order valence-corrected chi connectivity index (χ1v) is 7.14. The molecule has 0 bridgehead atoms. The van der Waals surface area contributed by atoms with Gasteiger partial charge in [-0.15, -0.1) is 0 Å². The fraction of sp³-hybridized carbons (Fsp3) is 0.438. The van der Waals surface area contributed by atoms with Gasteiger partial charge in [-0.05, 0) is 33.3 Å². The number of carbonyl (C=O) groups is 3. The van der Waals surface area contributed by atoms with Gasteiger partial charge >= 0.3 is 12.0 Å². The molecular formula is C16H22N2O4. The van der Waals surface area contributed by atoms with Crippen LogP contribution < -0.4 is 10.6 Å². The molecule has 3 amide bonds. The predicted octanol–water partition coefficient (Wildman–Crippen LogP) is 1.70. The molecule has 1 aromatic carbocycles. The van der Waals surface area contributed by atoms with E-state index in [2.05, 4.69) is 10.6 Å². The number of aryl methyl sites for hydroxylation is 1. The Kier molecular flexibility index (Phi) is 6.56. The Balaban J connectivity index is 2.44. The summed E-state index contributed by atoms with van der Waals surface area (Å²) in [5.41, 5.74) is 1.90. The summed E-state index contributed by atoms with van der Waals surface area (Å²) in [6.45, 7) is 6.92. The quantitative estimate of drug-likeness (QED) is 0.811. The molecule has 0 unspecified atom stereocenters. The fourth-order valence-electron chi connectivity index (χ4n) is 1.68. The highest BCUT2D eigenvalue weighted by atomic mass is 16.5. The summed E-state index contributed by atoms with van der Waals surface area (Å²) >= 11 is 0. The molecule has 1 atom stereocenters. The lowest BCUT2D eigenvalue weighted by Crippen LogP contribution is -2.46. The van der Waals surface area contributed by atoms with Crippen molar-refractivity contribution in [2.45, 2.75) is 46.3 Å². The molecule has 0 fully saturated rings. The van der Waals surface area contributed by atoms with Crippen molar-refractivity contribution >= 4 is 17.9 Å². The minimum atomic E-state index is -1.03. The first-order chi connectivity index (χ1) is 10.3. The van der Waals surface area contributed by atoms with Gasteiger partial charge in [0.05, 0.1) is 6.42 Å². The monoisotopic (exact) mass is 306 g/mol. The van der Waals surface area contributed by atoms with Crippen LogP contribution in [0.4, 0.5) is 4.79 Å². The van der Waals surface area contributed by atoms with Crippen LogP contribution in [0.15, 0.2) is 24.3 Å². The molecule has 0 radical (unpaired) electrons. The molecule has 0 saturated carbocycles. The van der Waals surface area contributed by atoms with Crippen LogP contribution in [0.5, 0.6) is 0 Å². The standard InChI is InChI=1S/C16H22N2O4/c1-10(2)17-16(21)18-15(20)12(4)22-14(19)9-13-7-5-11(3)6-8-13/h5-8,10,12H,9H2,1-4H3,(H2,17,18,20,21)/t12-/m1/s1. The van der Waals surface area contributed by atoms with Gasteiger partial charge in [-0.1, -0.05) is 29.8 Å². The van der Waals surface area contributed by atoms with E-state index in [0.29, 0.717) is 0 Å². The first kappa shape index (κ1) is 17.7. The van der Waals surface area contributed by atoms with Gasteiger partial charge in [0.1, 0.15) is 0 Å². The van der Waals surface area contributed by atoms with E-state index in [1.807, 2.05) is 31.2 Å². The van der Waals surface area contributed by atoms with Gasteiger partial charge in [-0.2, -0.15) is 0 Å². The van der Waals surface area contributed by atoms with Gasteiger partial charge in [0, 0.05) is 6.04 Å². The Morgan fingerprint density at radius 3 is 2.23 bits per heavy atom. The minimum Gasteiger partial charge on any atom is -0.452 e. The van der Waals surface area contributed by atoms with Gasteiger partial charge in [0.25, 0.3) is 5.91 Å². The third-order valence-corrected chi connectivity index (χ3v) is 2.80. The third-order valence-electron chi connectivity index (χ3n) is 2.80. The average molecular weight is 306 g/mol. The molecule has 0 aliphatic carbocycles. The minimum absolute atomic E-state index is 0.0795. The van der Waals surface area contributed by atoms with Crippen molar-refractivity contribution < 1.29 is 19.1 Å². The van der Waals surface area contributed by atoms with E-state index < -0.39 is 24.0 Å². The highest BCUT2D eigenvalue weighted by molar-refractivity contribution is 5.97. The number of ether oxygens (including phenoxy) is 1. The van der Waals surface area contributed by atoms with Crippen LogP contribution in [0.3, 0.4) is 0 Å². The smallest absolute Gasteiger partial charge is 0.321 e. The zero-order chi connectivity index (χ0) is 16.7. The molecule has 22 heavy (non-hydrogen) atoms. The Hall–Kier alpha value is -2.37. The highest BCUT2D eigenvalue weighted by Gasteiger charge is 2.20. The zero-order valence-electron chi connectivity index (χ0n) is 13.3. The number of amides is 3. The van der Waals surface area contributed by atoms with Crippen LogP contribution in [-0.4, -0.2) is 30.1 Å². The number of imide groups is 1. The Morgan fingerprint density at radius 1 is 1.09 bits per heavy atom. The van der Waals surface area contributed by atoms with E-state index >= 15 is 0 Å². The fourth-order valence-corrected chi connectivity index (χ4v) is 1.68. The third kappa shape index (κ3) is 6.39. The topological polar surface area (TPSA) is 84.5 Å². The maximum absolute atomic E-state index is 11.8. The summed E-state index contributed by atoms with van der Waals surface area (Å²) in [7, 11) is 0. The number of hydrogen-bond acceptors (Lipinski definition) is 4. The summed E-state index contributed by atoms with van der Waals surface area (Å²) in [6.07, 6.45) is -0.952. The van der Waals surface area contributed by atoms with E-state index in [4.69, 9.17) is 4.74 Å². The average Bonchev–Trinajstić information content (AvgIpc) is 2.40. The second kappa shape index (κ2) is 8.17. The number of carbonyl (C=O) groups excluding carboxylic acids is 3. The lowest BCUT2D eigenvalue weighted by Gasteiger charge is -2.14. The van der Waals surface area contributed by atoms with Crippen molar-refractivity contribution in [1.82, 2.24) is 10.6 Å². The Labute approximate surface area is 130 Å². The molecule has 0 spiro atoms. The molecule has 0 aromatic heterocycles. The summed E-state index contributed by atoms with van der Waals surface area (Å²) in [5.74, 6) is -1.17. The molecule has 6 nitrogen and oxygen atoms in total. The van der Waals surface area contributed by atoms with Gasteiger partial charge in [-0.25, -0.2) is 4.79 Å².